The van der Waals surface area contributed by atoms with Crippen LogP contribution in [0.1, 0.15) is 0 Å². The van der Waals surface area contributed by atoms with Gasteiger partial charge in [-0.15, -0.1) is 0 Å². The Labute approximate surface area is 79.2 Å². The summed E-state index contributed by atoms with van der Waals surface area (Å²) in [5.74, 6) is 0. The van der Waals surface area contributed by atoms with Gasteiger partial charge in [0.15, 0.2) is 0 Å². The minimum absolute atomic E-state index is 0.294. The van der Waals surface area contributed by atoms with E-state index in [2.05, 4.69) is 16.6 Å². The number of carbonyl (C=O) groups is 1. The van der Waals surface area contributed by atoms with Crippen molar-refractivity contribution in [3.05, 3.63) is 12.8 Å². The monoisotopic (exact) mass is 217 g/mol. The van der Waals surface area contributed by atoms with Crippen LogP contribution in [0, 0.1) is 0 Å². The normalized spacial score (nSPS) is 10.5. The van der Waals surface area contributed by atoms with Crippen LogP contribution in [0.5, 0.6) is 0 Å². The van der Waals surface area contributed by atoms with Crippen LogP contribution < -0.4 is 5.32 Å². The molecule has 1 amide bonds. The van der Waals surface area contributed by atoms with Crippen LogP contribution in [0.25, 0.3) is 0 Å². The summed E-state index contributed by atoms with van der Waals surface area (Å²) in [5.41, 5.74) is 0. The molecule has 11 heavy (non-hydrogen) atoms. The maximum absolute atomic E-state index is 10.5. The quantitative estimate of drug-likeness (QED) is 0.722. The van der Waals surface area contributed by atoms with E-state index in [9.17, 15) is 4.79 Å². The maximum Gasteiger partial charge on any atom is 0.411 e. The highest BCUT2D eigenvalue weighted by molar-refractivity contribution is 6.67. The molecule has 0 rings (SSSR count). The molecule has 0 aromatic heterocycles. The van der Waals surface area contributed by atoms with Gasteiger partial charge >= 0.3 is 6.09 Å². The van der Waals surface area contributed by atoms with Crippen LogP contribution in [0.15, 0.2) is 12.8 Å². The summed E-state index contributed by atoms with van der Waals surface area (Å²) < 4.78 is 2.86. The Balaban J connectivity index is 3.54. The van der Waals surface area contributed by atoms with E-state index < -0.39 is 9.89 Å². The van der Waals surface area contributed by atoms with E-state index in [0.717, 1.165) is 0 Å². The molecule has 0 aromatic rings. The largest absolute Gasteiger partial charge is 0.445 e. The first-order valence-corrected chi connectivity index (χ1v) is 3.70. The molecule has 0 aliphatic rings. The summed E-state index contributed by atoms with van der Waals surface area (Å²) in [4.78, 5) is 10.5. The third-order valence-corrected chi connectivity index (χ3v) is 0.914. The van der Waals surface area contributed by atoms with Crippen molar-refractivity contribution in [3.8, 4) is 0 Å². The van der Waals surface area contributed by atoms with Crippen molar-refractivity contribution >= 4 is 40.9 Å². The molecular formula is C5H6Cl3NO2. The number of alkyl carbamates (subject to hydrolysis) is 1. The fourth-order valence-corrected chi connectivity index (χ4v) is 0.436. The number of hydrogen-bond acceptors (Lipinski definition) is 2. The Kier molecular flexibility index (Phi) is 4.65. The van der Waals surface area contributed by atoms with E-state index in [-0.39, 0.29) is 6.61 Å². The Hall–Kier alpha value is -0.120. The van der Waals surface area contributed by atoms with Crippen LogP contribution in [-0.4, -0.2) is 16.5 Å². The lowest BCUT2D eigenvalue weighted by Gasteiger charge is -2.10. The van der Waals surface area contributed by atoms with E-state index >= 15 is 0 Å². The van der Waals surface area contributed by atoms with E-state index in [1.54, 1.807) is 0 Å². The SMILES string of the molecule is C=CNC(=O)OCC(Cl)(Cl)Cl. The zero-order chi connectivity index (χ0) is 8.91. The second kappa shape index (κ2) is 4.70. The fourth-order valence-electron chi connectivity index (χ4n) is 0.272. The average Bonchev–Trinajstić information content (AvgIpc) is 1.83. The summed E-state index contributed by atoms with van der Waals surface area (Å²) in [6, 6.07) is 0. The molecule has 0 aromatic carbocycles. The average molecular weight is 218 g/mol. The van der Waals surface area contributed by atoms with Gasteiger partial charge in [0.25, 0.3) is 0 Å². The number of amides is 1. The van der Waals surface area contributed by atoms with Crippen molar-refractivity contribution in [2.45, 2.75) is 3.79 Å². The van der Waals surface area contributed by atoms with E-state index in [1.807, 2.05) is 0 Å². The molecule has 0 atom stereocenters. The predicted molar refractivity (Wildman–Crippen MR) is 45.0 cm³/mol. The van der Waals surface area contributed by atoms with Crippen LogP contribution in [0.2, 0.25) is 0 Å². The first-order chi connectivity index (χ1) is 4.95. The van der Waals surface area contributed by atoms with Crippen molar-refractivity contribution in [3.63, 3.8) is 0 Å². The lowest BCUT2D eigenvalue weighted by molar-refractivity contribution is 0.152. The Morgan fingerprint density at radius 2 is 2.18 bits per heavy atom. The molecular weight excluding hydrogens is 212 g/mol. The molecule has 0 heterocycles. The molecule has 6 heteroatoms. The van der Waals surface area contributed by atoms with Crippen LogP contribution in [-0.2, 0) is 4.74 Å². The molecule has 0 saturated carbocycles. The Bertz CT molecular complexity index is 154. The van der Waals surface area contributed by atoms with Crippen LogP contribution in [0.4, 0.5) is 4.79 Å². The van der Waals surface area contributed by atoms with Gasteiger partial charge in [-0.25, -0.2) is 4.79 Å². The first kappa shape index (κ1) is 10.9. The van der Waals surface area contributed by atoms with E-state index in [1.165, 1.54) is 6.20 Å². The number of rotatable bonds is 2. The summed E-state index contributed by atoms with van der Waals surface area (Å²) in [6.45, 7) is 2.94. The predicted octanol–water partition coefficient (Wildman–Crippen LogP) is 2.23. The molecule has 0 fully saturated rings. The lowest BCUT2D eigenvalue weighted by atomic mass is 10.8. The first-order valence-electron chi connectivity index (χ1n) is 2.56. The molecule has 3 nitrogen and oxygen atoms in total. The van der Waals surface area contributed by atoms with Gasteiger partial charge in [0, 0.05) is 0 Å². The minimum Gasteiger partial charge on any atom is -0.445 e. The molecule has 0 spiro atoms. The highest BCUT2D eigenvalue weighted by atomic mass is 35.6. The summed E-state index contributed by atoms with van der Waals surface area (Å²) in [7, 11) is 0. The Morgan fingerprint density at radius 3 is 2.55 bits per heavy atom. The zero-order valence-corrected chi connectivity index (χ0v) is 7.71. The second-order valence-corrected chi connectivity index (χ2v) is 4.06. The molecule has 0 saturated heterocycles. The van der Waals surface area contributed by atoms with Gasteiger partial charge in [0.1, 0.15) is 6.61 Å². The van der Waals surface area contributed by atoms with Gasteiger partial charge in [0.05, 0.1) is 0 Å². The standard InChI is InChI=1S/C5H6Cl3NO2/c1-2-9-4(10)11-3-5(6,7)8/h2H,1,3H2,(H,9,10). The fraction of sp³-hybridized carbons (Fsp3) is 0.400. The van der Waals surface area contributed by atoms with Crippen LogP contribution >= 0.6 is 34.8 Å². The van der Waals surface area contributed by atoms with Gasteiger partial charge in [0.2, 0.25) is 3.79 Å². The molecule has 0 aliphatic heterocycles. The lowest BCUT2D eigenvalue weighted by Crippen LogP contribution is -2.23. The third kappa shape index (κ3) is 7.78. The molecule has 1 N–H and O–H groups in total. The summed E-state index contributed by atoms with van der Waals surface area (Å²) in [6.07, 6.45) is 0.465. The number of nitrogens with one attached hydrogen (secondary N) is 1. The highest BCUT2D eigenvalue weighted by Crippen LogP contribution is 2.25. The van der Waals surface area contributed by atoms with Gasteiger partial charge in [-0.1, -0.05) is 41.4 Å². The molecule has 64 valence electrons. The maximum atomic E-state index is 10.5. The van der Waals surface area contributed by atoms with Gasteiger partial charge in [-0.3, -0.25) is 5.32 Å². The zero-order valence-electron chi connectivity index (χ0n) is 5.44. The third-order valence-electron chi connectivity index (χ3n) is 0.587. The minimum atomic E-state index is -1.57. The number of hydrogen-bond donors (Lipinski definition) is 1. The smallest absolute Gasteiger partial charge is 0.411 e. The van der Waals surface area contributed by atoms with E-state index in [4.69, 9.17) is 34.8 Å². The number of alkyl halides is 3. The summed E-state index contributed by atoms with van der Waals surface area (Å²) in [5, 5.41) is 2.14. The number of carbonyl (C=O) groups excluding carboxylic acids is 1. The molecule has 0 bridgehead atoms. The van der Waals surface area contributed by atoms with Gasteiger partial charge in [-0.2, -0.15) is 0 Å². The molecule has 0 unspecified atom stereocenters. The molecule has 0 radical (unpaired) electrons. The molecule has 0 aliphatic carbocycles. The van der Waals surface area contributed by atoms with Crippen molar-refractivity contribution in [2.75, 3.05) is 6.61 Å². The van der Waals surface area contributed by atoms with Gasteiger partial charge < -0.3 is 4.74 Å². The topological polar surface area (TPSA) is 38.3 Å². The van der Waals surface area contributed by atoms with Gasteiger partial charge in [-0.05, 0) is 6.20 Å². The summed E-state index contributed by atoms with van der Waals surface area (Å²) >= 11 is 15.8. The van der Waals surface area contributed by atoms with E-state index in [0.29, 0.717) is 0 Å². The highest BCUT2D eigenvalue weighted by Gasteiger charge is 2.21. The van der Waals surface area contributed by atoms with Crippen molar-refractivity contribution < 1.29 is 9.53 Å². The van der Waals surface area contributed by atoms with Crippen molar-refractivity contribution in [1.82, 2.24) is 5.32 Å². The second-order valence-electron chi connectivity index (χ2n) is 1.54. The van der Waals surface area contributed by atoms with Crippen molar-refractivity contribution in [1.29, 1.82) is 0 Å². The Morgan fingerprint density at radius 1 is 1.64 bits per heavy atom. The number of ether oxygens (including phenoxy) is 1. The van der Waals surface area contributed by atoms with Crippen LogP contribution in [0.3, 0.4) is 0 Å². The number of halogens is 3. The van der Waals surface area contributed by atoms with Crippen molar-refractivity contribution in [2.24, 2.45) is 0 Å².